The zero-order valence-electron chi connectivity index (χ0n) is 16.9. The summed E-state index contributed by atoms with van der Waals surface area (Å²) in [5.41, 5.74) is 2.31. The van der Waals surface area contributed by atoms with Gasteiger partial charge in [0.2, 0.25) is 5.89 Å². The number of benzene rings is 2. The number of Topliss-reactive ketones (excluding diaryl/α,β-unsaturated/α-hetero) is 1. The third-order valence-electron chi connectivity index (χ3n) is 4.35. The van der Waals surface area contributed by atoms with Crippen LogP contribution in [-0.2, 0) is 12.0 Å². The third kappa shape index (κ3) is 5.93. The average Bonchev–Trinajstić information content (AvgIpc) is 3.18. The second-order valence-electron chi connectivity index (χ2n) is 7.69. The number of hydrogen-bond acceptors (Lipinski definition) is 6. The predicted molar refractivity (Wildman–Crippen MR) is 117 cm³/mol. The second kappa shape index (κ2) is 9.45. The maximum Gasteiger partial charge on any atom is 0.277 e. The number of aromatic nitrogens is 2. The molecule has 2 aromatic carbocycles. The van der Waals surface area contributed by atoms with E-state index in [2.05, 4.69) is 36.3 Å². The van der Waals surface area contributed by atoms with Gasteiger partial charge in [0, 0.05) is 16.1 Å². The smallest absolute Gasteiger partial charge is 0.277 e. The zero-order valence-corrected chi connectivity index (χ0v) is 18.5. The van der Waals surface area contributed by atoms with Crippen molar-refractivity contribution in [3.8, 4) is 0 Å². The molecule has 30 heavy (non-hydrogen) atoms. The molecule has 6 nitrogen and oxygen atoms in total. The molecule has 0 saturated carbocycles. The molecule has 0 atom stereocenters. The lowest BCUT2D eigenvalue weighted by Crippen LogP contribution is -2.23. The molecule has 0 fully saturated rings. The van der Waals surface area contributed by atoms with Gasteiger partial charge in [0.15, 0.2) is 5.78 Å². The van der Waals surface area contributed by atoms with E-state index in [1.165, 1.54) is 0 Å². The van der Waals surface area contributed by atoms with Gasteiger partial charge in [-0.3, -0.25) is 9.59 Å². The van der Waals surface area contributed by atoms with E-state index in [4.69, 9.17) is 16.0 Å². The Morgan fingerprint density at radius 1 is 1.00 bits per heavy atom. The molecule has 0 spiro atoms. The van der Waals surface area contributed by atoms with Crippen molar-refractivity contribution in [2.24, 2.45) is 0 Å². The summed E-state index contributed by atoms with van der Waals surface area (Å²) in [4.78, 5) is 24.5. The summed E-state index contributed by atoms with van der Waals surface area (Å²) in [7, 11) is 0. The molecule has 0 saturated heterocycles. The van der Waals surface area contributed by atoms with E-state index in [0.29, 0.717) is 16.1 Å². The van der Waals surface area contributed by atoms with Crippen LogP contribution >= 0.6 is 23.4 Å². The van der Waals surface area contributed by atoms with Crippen LogP contribution in [0.15, 0.2) is 58.2 Å². The Kier molecular flexibility index (Phi) is 6.95. The first-order valence-electron chi connectivity index (χ1n) is 9.35. The molecule has 0 aliphatic rings. The number of hydrogen-bond donors (Lipinski definition) is 1. The maximum atomic E-state index is 12.3. The van der Waals surface area contributed by atoms with E-state index < -0.39 is 0 Å². The van der Waals surface area contributed by atoms with Crippen molar-refractivity contribution in [3.05, 3.63) is 76.1 Å². The van der Waals surface area contributed by atoms with Crippen LogP contribution in [0.3, 0.4) is 0 Å². The molecular weight excluding hydrogens is 422 g/mol. The van der Waals surface area contributed by atoms with Crippen LogP contribution in [0.1, 0.15) is 52.9 Å². The van der Waals surface area contributed by atoms with Gasteiger partial charge < -0.3 is 9.73 Å². The molecule has 0 aliphatic heterocycles. The van der Waals surface area contributed by atoms with Gasteiger partial charge in [-0.15, -0.1) is 10.2 Å². The van der Waals surface area contributed by atoms with Crippen LogP contribution < -0.4 is 5.32 Å². The molecule has 1 aromatic heterocycles. The van der Waals surface area contributed by atoms with Gasteiger partial charge in [-0.05, 0) is 47.4 Å². The fourth-order valence-electron chi connectivity index (χ4n) is 2.59. The highest BCUT2D eigenvalue weighted by Crippen LogP contribution is 2.22. The van der Waals surface area contributed by atoms with Crippen LogP contribution in [0.2, 0.25) is 5.02 Å². The number of carbonyl (C=O) groups excluding carboxylic acids is 2. The van der Waals surface area contributed by atoms with Gasteiger partial charge in [-0.25, -0.2) is 0 Å². The minimum atomic E-state index is -0.222. The maximum absolute atomic E-state index is 12.3. The lowest BCUT2D eigenvalue weighted by Gasteiger charge is -2.18. The first kappa shape index (κ1) is 22.1. The molecule has 3 aromatic rings. The summed E-state index contributed by atoms with van der Waals surface area (Å²) < 4.78 is 5.49. The van der Waals surface area contributed by atoms with Gasteiger partial charge in [0.1, 0.15) is 0 Å². The highest BCUT2D eigenvalue weighted by atomic mass is 35.5. The number of rotatable bonds is 7. The van der Waals surface area contributed by atoms with E-state index in [1.807, 2.05) is 12.1 Å². The largest absolute Gasteiger partial charge is 0.414 e. The standard InChI is InChI=1S/C22H22ClN3O3S/c1-22(2,3)16-8-4-15(5-9-16)20(28)24-12-19-25-26-21(29-19)30-13-18(27)14-6-10-17(23)11-7-14/h4-11H,12-13H2,1-3H3,(H,24,28). The summed E-state index contributed by atoms with van der Waals surface area (Å²) in [5, 5.41) is 11.4. The van der Waals surface area contributed by atoms with Crippen LogP contribution in [0.4, 0.5) is 0 Å². The normalized spacial score (nSPS) is 11.3. The first-order chi connectivity index (χ1) is 14.2. The summed E-state index contributed by atoms with van der Waals surface area (Å²) >= 11 is 6.98. The molecule has 1 amide bonds. The quantitative estimate of drug-likeness (QED) is 0.412. The van der Waals surface area contributed by atoms with E-state index in [-0.39, 0.29) is 40.5 Å². The predicted octanol–water partition coefficient (Wildman–Crippen LogP) is 4.93. The van der Waals surface area contributed by atoms with Gasteiger partial charge >= 0.3 is 0 Å². The zero-order chi connectivity index (χ0) is 21.7. The highest BCUT2D eigenvalue weighted by Gasteiger charge is 2.15. The van der Waals surface area contributed by atoms with Crippen molar-refractivity contribution in [1.29, 1.82) is 0 Å². The van der Waals surface area contributed by atoms with E-state index in [1.54, 1.807) is 36.4 Å². The lowest BCUT2D eigenvalue weighted by atomic mass is 9.87. The fourth-order valence-corrected chi connectivity index (χ4v) is 3.39. The molecule has 0 aliphatic carbocycles. The van der Waals surface area contributed by atoms with Crippen LogP contribution in [0.25, 0.3) is 0 Å². The average molecular weight is 444 g/mol. The molecule has 0 radical (unpaired) electrons. The Morgan fingerprint density at radius 2 is 1.63 bits per heavy atom. The highest BCUT2D eigenvalue weighted by molar-refractivity contribution is 7.99. The number of nitrogens with one attached hydrogen (secondary N) is 1. The number of ketones is 1. The lowest BCUT2D eigenvalue weighted by molar-refractivity contribution is 0.0946. The van der Waals surface area contributed by atoms with Gasteiger partial charge in [0.25, 0.3) is 11.1 Å². The molecule has 1 N–H and O–H groups in total. The SMILES string of the molecule is CC(C)(C)c1ccc(C(=O)NCc2nnc(SCC(=O)c3ccc(Cl)cc3)o2)cc1. The fraction of sp³-hybridized carbons (Fsp3) is 0.273. The van der Waals surface area contributed by atoms with Crippen molar-refractivity contribution in [1.82, 2.24) is 15.5 Å². The molecule has 1 heterocycles. The van der Waals surface area contributed by atoms with E-state index in [9.17, 15) is 9.59 Å². The molecular formula is C22H22ClN3O3S. The van der Waals surface area contributed by atoms with Crippen molar-refractivity contribution < 1.29 is 14.0 Å². The number of thioether (sulfide) groups is 1. The van der Waals surface area contributed by atoms with Crippen LogP contribution in [0, 0.1) is 0 Å². The molecule has 0 unspecified atom stereocenters. The first-order valence-corrected chi connectivity index (χ1v) is 10.7. The number of halogens is 1. The third-order valence-corrected chi connectivity index (χ3v) is 5.42. The topological polar surface area (TPSA) is 85.1 Å². The van der Waals surface area contributed by atoms with Gasteiger partial charge in [0.05, 0.1) is 12.3 Å². The van der Waals surface area contributed by atoms with Crippen LogP contribution in [-0.4, -0.2) is 27.6 Å². The number of amides is 1. The summed E-state index contributed by atoms with van der Waals surface area (Å²) in [6.07, 6.45) is 0. The van der Waals surface area contributed by atoms with E-state index >= 15 is 0 Å². The summed E-state index contributed by atoms with van der Waals surface area (Å²) in [6, 6.07) is 14.2. The molecule has 0 bridgehead atoms. The second-order valence-corrected chi connectivity index (χ2v) is 9.05. The molecule has 3 rings (SSSR count). The summed E-state index contributed by atoms with van der Waals surface area (Å²) in [6.45, 7) is 6.47. The molecule has 156 valence electrons. The minimum absolute atomic E-state index is 0.0295. The molecule has 8 heteroatoms. The van der Waals surface area contributed by atoms with Crippen molar-refractivity contribution in [2.75, 3.05) is 5.75 Å². The Balaban J connectivity index is 1.50. The van der Waals surface area contributed by atoms with Crippen molar-refractivity contribution in [3.63, 3.8) is 0 Å². The Hall–Kier alpha value is -2.64. The van der Waals surface area contributed by atoms with Gasteiger partial charge in [-0.2, -0.15) is 0 Å². The monoisotopic (exact) mass is 443 g/mol. The Bertz CT molecular complexity index is 1030. The Morgan fingerprint density at radius 3 is 2.27 bits per heavy atom. The van der Waals surface area contributed by atoms with E-state index in [0.717, 1.165) is 17.3 Å². The minimum Gasteiger partial charge on any atom is -0.414 e. The van der Waals surface area contributed by atoms with Crippen LogP contribution in [0.5, 0.6) is 0 Å². The summed E-state index contributed by atoms with van der Waals surface area (Å²) in [5.74, 6) is 0.149. The van der Waals surface area contributed by atoms with Crippen molar-refractivity contribution >= 4 is 35.1 Å². The van der Waals surface area contributed by atoms with Gasteiger partial charge in [-0.1, -0.05) is 56.3 Å². The number of carbonyl (C=O) groups is 2. The Labute approximate surface area is 184 Å². The number of nitrogens with zero attached hydrogens (tertiary/aromatic N) is 2. The van der Waals surface area contributed by atoms with Crippen molar-refractivity contribution in [2.45, 2.75) is 38.0 Å².